The Hall–Kier alpha value is -2.15. The lowest BCUT2D eigenvalue weighted by Gasteiger charge is -2.12. The molecule has 8 heteroatoms. The molecule has 0 aliphatic rings. The number of hydrogen-bond acceptors (Lipinski definition) is 4. The maximum Gasteiger partial charge on any atom is 0.142 e. The van der Waals surface area contributed by atoms with Crippen LogP contribution in [0.2, 0.25) is 10.0 Å². The van der Waals surface area contributed by atoms with Crippen molar-refractivity contribution in [2.75, 3.05) is 20.3 Å². The molecule has 3 rings (SSSR count). The second kappa shape index (κ2) is 9.37. The molecule has 2 heterocycles. The molecule has 0 amide bonds. The quantitative estimate of drug-likeness (QED) is 0.480. The third kappa shape index (κ3) is 4.82. The number of methoxy groups -OCH3 is 1. The zero-order valence-electron chi connectivity index (χ0n) is 15.6. The highest BCUT2D eigenvalue weighted by molar-refractivity contribution is 6.36. The maximum atomic E-state index is 13.6. The van der Waals surface area contributed by atoms with Crippen molar-refractivity contribution in [2.45, 2.75) is 19.9 Å². The van der Waals surface area contributed by atoms with E-state index in [1.54, 1.807) is 19.5 Å². The summed E-state index contributed by atoms with van der Waals surface area (Å²) >= 11 is 12.1. The molecule has 0 saturated carbocycles. The molecule has 28 heavy (non-hydrogen) atoms. The van der Waals surface area contributed by atoms with Crippen molar-refractivity contribution in [3.8, 4) is 16.9 Å². The van der Waals surface area contributed by atoms with E-state index >= 15 is 0 Å². The van der Waals surface area contributed by atoms with Crippen LogP contribution in [-0.2, 0) is 17.7 Å². The second-order valence-electron chi connectivity index (χ2n) is 6.21. The summed E-state index contributed by atoms with van der Waals surface area (Å²) in [5.41, 5.74) is 3.12. The van der Waals surface area contributed by atoms with Gasteiger partial charge in [-0.3, -0.25) is 9.67 Å². The maximum absolute atomic E-state index is 13.6. The van der Waals surface area contributed by atoms with Gasteiger partial charge in [0.2, 0.25) is 0 Å². The molecule has 0 aliphatic carbocycles. The summed E-state index contributed by atoms with van der Waals surface area (Å²) in [5.74, 6) is 0.150. The zero-order valence-corrected chi connectivity index (χ0v) is 17.1. The van der Waals surface area contributed by atoms with Gasteiger partial charge in [-0.2, -0.15) is 5.10 Å². The number of hydrogen-bond donors (Lipinski definition) is 0. The van der Waals surface area contributed by atoms with E-state index in [4.69, 9.17) is 32.7 Å². The van der Waals surface area contributed by atoms with Gasteiger partial charge in [-0.25, -0.2) is 4.39 Å². The molecule has 3 aromatic rings. The monoisotopic (exact) mass is 423 g/mol. The average molecular weight is 424 g/mol. The molecule has 2 aromatic heterocycles. The van der Waals surface area contributed by atoms with Crippen LogP contribution in [0.5, 0.6) is 5.75 Å². The third-order valence-electron chi connectivity index (χ3n) is 4.28. The minimum absolute atomic E-state index is 0.0307. The average Bonchev–Trinajstić information content (AvgIpc) is 3.16. The van der Waals surface area contributed by atoms with Gasteiger partial charge in [0.1, 0.15) is 11.6 Å². The van der Waals surface area contributed by atoms with Gasteiger partial charge in [0.05, 0.1) is 36.7 Å². The molecular weight excluding hydrogens is 404 g/mol. The summed E-state index contributed by atoms with van der Waals surface area (Å²) in [4.78, 5) is 4.40. The predicted molar refractivity (Wildman–Crippen MR) is 108 cm³/mol. The number of halogens is 3. The summed E-state index contributed by atoms with van der Waals surface area (Å²) < 4.78 is 26.4. The van der Waals surface area contributed by atoms with E-state index < -0.39 is 5.82 Å². The van der Waals surface area contributed by atoms with Crippen molar-refractivity contribution in [1.29, 1.82) is 0 Å². The van der Waals surface area contributed by atoms with Crippen molar-refractivity contribution in [3.05, 3.63) is 63.9 Å². The van der Waals surface area contributed by atoms with Gasteiger partial charge < -0.3 is 9.47 Å². The van der Waals surface area contributed by atoms with Gasteiger partial charge in [0.15, 0.2) is 0 Å². The topological polar surface area (TPSA) is 49.2 Å². The lowest BCUT2D eigenvalue weighted by atomic mass is 10.1. The highest BCUT2D eigenvalue weighted by atomic mass is 35.5. The summed E-state index contributed by atoms with van der Waals surface area (Å²) in [6, 6.07) is 4.65. The van der Waals surface area contributed by atoms with Crippen LogP contribution < -0.4 is 4.74 Å². The van der Waals surface area contributed by atoms with Gasteiger partial charge in [-0.05, 0) is 30.7 Å². The number of rotatable bonds is 8. The molecule has 5 nitrogen and oxygen atoms in total. The van der Waals surface area contributed by atoms with Crippen LogP contribution in [0.15, 0.2) is 36.8 Å². The van der Waals surface area contributed by atoms with Gasteiger partial charge in [0.25, 0.3) is 0 Å². The Morgan fingerprint density at radius 3 is 2.75 bits per heavy atom. The van der Waals surface area contributed by atoms with Crippen molar-refractivity contribution in [1.82, 2.24) is 14.8 Å². The Morgan fingerprint density at radius 2 is 1.96 bits per heavy atom. The first kappa shape index (κ1) is 20.6. The van der Waals surface area contributed by atoms with Crippen molar-refractivity contribution < 1.29 is 13.9 Å². The molecule has 0 bridgehead atoms. The summed E-state index contributed by atoms with van der Waals surface area (Å²) in [6.45, 7) is 3.42. The first-order valence-corrected chi connectivity index (χ1v) is 9.48. The molecule has 0 radical (unpaired) electrons. The van der Waals surface area contributed by atoms with Crippen molar-refractivity contribution in [2.24, 2.45) is 0 Å². The van der Waals surface area contributed by atoms with Crippen LogP contribution in [0, 0.1) is 12.7 Å². The molecule has 0 saturated heterocycles. The number of aromatic nitrogens is 3. The van der Waals surface area contributed by atoms with E-state index in [1.807, 2.05) is 23.9 Å². The second-order valence-corrected chi connectivity index (χ2v) is 7.00. The van der Waals surface area contributed by atoms with E-state index in [0.717, 1.165) is 16.8 Å². The molecule has 0 unspecified atom stereocenters. The SMILES string of the molecule is COCCn1cc(-c2cnc(C)c(OCCc3c(Cl)ccc(F)c3Cl)c2)cn1. The molecule has 148 valence electrons. The standard InChI is InChI=1S/C20H20Cl2FN3O2/c1-13-19(28-7-5-16-17(21)3-4-18(23)20(16)22)9-14(10-24-13)15-11-25-26(12-15)6-8-27-2/h3-4,9-12H,5-8H2,1-2H3. The number of ether oxygens (including phenoxy) is 2. The molecule has 0 fully saturated rings. The van der Waals surface area contributed by atoms with Crippen molar-refractivity contribution in [3.63, 3.8) is 0 Å². The van der Waals surface area contributed by atoms with E-state index in [-0.39, 0.29) is 5.02 Å². The summed E-state index contributed by atoms with van der Waals surface area (Å²) in [5, 5.41) is 4.76. The minimum atomic E-state index is -0.494. The normalized spacial score (nSPS) is 11.0. The number of nitrogens with zero attached hydrogens (tertiary/aromatic N) is 3. The zero-order chi connectivity index (χ0) is 20.1. The van der Waals surface area contributed by atoms with Gasteiger partial charge in [-0.1, -0.05) is 23.2 Å². The predicted octanol–water partition coefficient (Wildman–Crippen LogP) is 4.97. The number of aryl methyl sites for hydroxylation is 1. The fraction of sp³-hybridized carbons (Fsp3) is 0.300. The molecule has 0 N–H and O–H groups in total. The van der Waals surface area contributed by atoms with Crippen LogP contribution in [-0.4, -0.2) is 35.1 Å². The van der Waals surface area contributed by atoms with Gasteiger partial charge in [-0.15, -0.1) is 0 Å². The summed E-state index contributed by atoms with van der Waals surface area (Å²) in [6.07, 6.45) is 5.87. The van der Waals surface area contributed by atoms with Crippen LogP contribution in [0.3, 0.4) is 0 Å². The van der Waals surface area contributed by atoms with Crippen LogP contribution in [0.4, 0.5) is 4.39 Å². The highest BCUT2D eigenvalue weighted by Gasteiger charge is 2.12. The van der Waals surface area contributed by atoms with E-state index in [0.29, 0.717) is 42.5 Å². The summed E-state index contributed by atoms with van der Waals surface area (Å²) in [7, 11) is 1.65. The lowest BCUT2D eigenvalue weighted by molar-refractivity contribution is 0.183. The Bertz CT molecular complexity index is 963. The number of benzene rings is 1. The fourth-order valence-electron chi connectivity index (χ4n) is 2.70. The largest absolute Gasteiger partial charge is 0.491 e. The lowest BCUT2D eigenvalue weighted by Crippen LogP contribution is -2.05. The van der Waals surface area contributed by atoms with Crippen molar-refractivity contribution >= 4 is 23.2 Å². The Kier molecular flexibility index (Phi) is 6.88. The molecule has 0 spiro atoms. The molecular formula is C20H20Cl2FN3O2. The first-order chi connectivity index (χ1) is 13.5. The minimum Gasteiger partial charge on any atom is -0.491 e. The van der Waals surface area contributed by atoms with Gasteiger partial charge in [0, 0.05) is 42.1 Å². The van der Waals surface area contributed by atoms with E-state index in [2.05, 4.69) is 10.1 Å². The van der Waals surface area contributed by atoms with Crippen LogP contribution in [0.25, 0.3) is 11.1 Å². The Balaban J connectivity index is 1.70. The Labute approximate surface area is 173 Å². The molecule has 1 aromatic carbocycles. The van der Waals surface area contributed by atoms with E-state index in [1.165, 1.54) is 12.1 Å². The fourth-order valence-corrected chi connectivity index (χ4v) is 3.26. The Morgan fingerprint density at radius 1 is 1.14 bits per heavy atom. The molecule has 0 aliphatic heterocycles. The number of pyridine rings is 1. The smallest absolute Gasteiger partial charge is 0.142 e. The third-order valence-corrected chi connectivity index (χ3v) is 5.04. The van der Waals surface area contributed by atoms with E-state index in [9.17, 15) is 4.39 Å². The van der Waals surface area contributed by atoms with Gasteiger partial charge >= 0.3 is 0 Å². The highest BCUT2D eigenvalue weighted by Crippen LogP contribution is 2.29. The van der Waals surface area contributed by atoms with Crippen LogP contribution in [0.1, 0.15) is 11.3 Å². The first-order valence-electron chi connectivity index (χ1n) is 8.73. The van der Waals surface area contributed by atoms with Crippen LogP contribution >= 0.6 is 23.2 Å². The molecule has 0 atom stereocenters.